The van der Waals surface area contributed by atoms with Gasteiger partial charge in [-0.25, -0.2) is 9.78 Å². The summed E-state index contributed by atoms with van der Waals surface area (Å²) in [4.78, 5) is 34.5. The highest BCUT2D eigenvalue weighted by Crippen LogP contribution is 2.45. The lowest BCUT2D eigenvalue weighted by atomic mass is 9.68. The van der Waals surface area contributed by atoms with Crippen molar-refractivity contribution in [3.63, 3.8) is 0 Å². The first-order valence-corrected chi connectivity index (χ1v) is 16.2. The number of carbonyl (C=O) groups excluding carboxylic acids is 1. The summed E-state index contributed by atoms with van der Waals surface area (Å²) in [5.74, 6) is 0.0378. The summed E-state index contributed by atoms with van der Waals surface area (Å²) in [5, 5.41) is 9.41. The number of amides is 1. The van der Waals surface area contributed by atoms with Gasteiger partial charge in [0.05, 0.1) is 16.6 Å². The number of hydrogen-bond donors (Lipinski definition) is 1. The molecule has 7 heteroatoms. The zero-order valence-corrected chi connectivity index (χ0v) is 25.8. The van der Waals surface area contributed by atoms with Crippen molar-refractivity contribution in [1.82, 2.24) is 19.4 Å². The maximum atomic E-state index is 13.4. The fraction of sp³-hybridized carbons (Fsp3) is 0.432. The fourth-order valence-electron chi connectivity index (χ4n) is 8.72. The normalized spacial score (nSPS) is 23.2. The molecular formula is C37H42N4O3. The first kappa shape index (κ1) is 28.8. The number of imidazole rings is 1. The third-order valence-corrected chi connectivity index (χ3v) is 10.9. The molecule has 7 rings (SSSR count). The van der Waals surface area contributed by atoms with E-state index in [4.69, 9.17) is 4.98 Å². The topological polar surface area (TPSA) is 78.7 Å². The van der Waals surface area contributed by atoms with Crippen LogP contribution in [0, 0.1) is 13.8 Å². The lowest BCUT2D eigenvalue weighted by Crippen LogP contribution is -2.49. The van der Waals surface area contributed by atoms with Crippen LogP contribution < -0.4 is 0 Å². The summed E-state index contributed by atoms with van der Waals surface area (Å²) < 4.78 is 2.51. The Morgan fingerprint density at radius 3 is 2.27 bits per heavy atom. The summed E-state index contributed by atoms with van der Waals surface area (Å²) in [6.45, 7) is 6.80. The van der Waals surface area contributed by atoms with E-state index in [9.17, 15) is 14.7 Å². The van der Waals surface area contributed by atoms with Crippen LogP contribution in [-0.4, -0.2) is 68.1 Å². The average molecular weight is 591 g/mol. The van der Waals surface area contributed by atoms with Gasteiger partial charge in [0, 0.05) is 42.2 Å². The fourth-order valence-corrected chi connectivity index (χ4v) is 8.72. The molecule has 1 aromatic heterocycles. The number of rotatable bonds is 7. The minimum atomic E-state index is -1.01. The molecule has 0 aliphatic carbocycles. The number of piperidine rings is 2. The third-order valence-electron chi connectivity index (χ3n) is 10.9. The van der Waals surface area contributed by atoms with Crippen molar-refractivity contribution in [2.75, 3.05) is 19.6 Å². The number of aromatic carboxylic acids is 1. The molecule has 3 atom stereocenters. The van der Waals surface area contributed by atoms with Crippen LogP contribution in [0.5, 0.6) is 0 Å². The second-order valence-corrected chi connectivity index (χ2v) is 13.3. The van der Waals surface area contributed by atoms with Gasteiger partial charge in [-0.1, -0.05) is 42.5 Å². The summed E-state index contributed by atoms with van der Waals surface area (Å²) in [6.07, 6.45) is 7.78. The van der Waals surface area contributed by atoms with E-state index in [1.165, 1.54) is 54.5 Å². The summed E-state index contributed by atoms with van der Waals surface area (Å²) >= 11 is 0. The number of hydrogen-bond acceptors (Lipinski definition) is 4. The van der Waals surface area contributed by atoms with E-state index in [1.807, 2.05) is 4.90 Å². The van der Waals surface area contributed by atoms with Crippen molar-refractivity contribution in [3.8, 4) is 0 Å². The zero-order chi connectivity index (χ0) is 30.4. The molecule has 0 spiro atoms. The molecule has 1 unspecified atom stereocenters. The van der Waals surface area contributed by atoms with Crippen LogP contribution in [0.25, 0.3) is 11.0 Å². The van der Waals surface area contributed by atoms with Gasteiger partial charge in [0.15, 0.2) is 0 Å². The average Bonchev–Trinajstić information content (AvgIpc) is 3.50. The van der Waals surface area contributed by atoms with E-state index in [2.05, 4.69) is 71.8 Å². The van der Waals surface area contributed by atoms with E-state index < -0.39 is 5.97 Å². The standard InChI is InChI=1S/C37H42N4O3/c1-25-8-3-4-11-32(25)37(16-19-39(20-17-37)35(42)27-9-7-10-28(22-27)36(43)44)18-21-40-29-14-15-30(40)24-31(23-29)41-26(2)38-33-12-5-6-13-34(33)41/h3-13,22,29-31H,14-21,23-24H2,1-2H3,(H,43,44)/t29-,30+,31?. The first-order valence-electron chi connectivity index (χ1n) is 16.2. The number of para-hydroxylation sites is 2. The van der Waals surface area contributed by atoms with Crippen molar-refractivity contribution in [2.24, 2.45) is 0 Å². The van der Waals surface area contributed by atoms with Crippen LogP contribution >= 0.6 is 0 Å². The summed E-state index contributed by atoms with van der Waals surface area (Å²) in [6, 6.07) is 25.5. The first-order chi connectivity index (χ1) is 21.3. The van der Waals surface area contributed by atoms with Crippen LogP contribution in [-0.2, 0) is 5.41 Å². The van der Waals surface area contributed by atoms with Crippen LogP contribution in [0.1, 0.15) is 88.7 Å². The largest absolute Gasteiger partial charge is 0.478 e. The van der Waals surface area contributed by atoms with Gasteiger partial charge in [-0.2, -0.15) is 0 Å². The molecule has 2 bridgehead atoms. The van der Waals surface area contributed by atoms with E-state index in [1.54, 1.807) is 12.1 Å². The second kappa shape index (κ2) is 11.5. The molecule has 4 heterocycles. The van der Waals surface area contributed by atoms with Gasteiger partial charge in [-0.3, -0.25) is 9.69 Å². The van der Waals surface area contributed by atoms with Gasteiger partial charge in [0.2, 0.25) is 0 Å². The van der Waals surface area contributed by atoms with Crippen LogP contribution in [0.4, 0.5) is 0 Å². The molecule has 1 N–H and O–H groups in total. The van der Waals surface area contributed by atoms with E-state index in [0.29, 0.717) is 36.8 Å². The summed E-state index contributed by atoms with van der Waals surface area (Å²) in [5.41, 5.74) is 5.72. The molecule has 228 valence electrons. The van der Waals surface area contributed by atoms with Crippen LogP contribution in [0.15, 0.2) is 72.8 Å². The van der Waals surface area contributed by atoms with Crippen molar-refractivity contribution >= 4 is 22.9 Å². The van der Waals surface area contributed by atoms with Gasteiger partial charge in [-0.05, 0) is 107 Å². The maximum Gasteiger partial charge on any atom is 0.335 e. The van der Waals surface area contributed by atoms with E-state index >= 15 is 0 Å². The Balaban J connectivity index is 1.08. The Morgan fingerprint density at radius 2 is 1.55 bits per heavy atom. The molecular weight excluding hydrogens is 548 g/mol. The molecule has 3 saturated heterocycles. The Kier molecular flexibility index (Phi) is 7.53. The van der Waals surface area contributed by atoms with Gasteiger partial charge in [0.25, 0.3) is 5.91 Å². The Hall–Kier alpha value is -3.97. The van der Waals surface area contributed by atoms with Crippen LogP contribution in [0.3, 0.4) is 0 Å². The predicted molar refractivity (Wildman–Crippen MR) is 172 cm³/mol. The Bertz CT molecular complexity index is 1690. The molecule has 1 amide bonds. The minimum absolute atomic E-state index is 0.0124. The van der Waals surface area contributed by atoms with Gasteiger partial charge >= 0.3 is 5.97 Å². The maximum absolute atomic E-state index is 13.4. The van der Waals surface area contributed by atoms with Crippen molar-refractivity contribution in [3.05, 3.63) is 101 Å². The monoisotopic (exact) mass is 590 g/mol. The van der Waals surface area contributed by atoms with E-state index in [0.717, 1.165) is 37.1 Å². The SMILES string of the molecule is Cc1ccccc1C1(CCN2[C@@H]3CC[C@H]2CC(n2c(C)nc4ccccc42)C3)CCN(C(=O)c2cccc(C(=O)O)c2)CC1. The number of carboxylic acids is 1. The number of nitrogens with zero attached hydrogens (tertiary/aromatic N) is 4. The molecule has 44 heavy (non-hydrogen) atoms. The minimum Gasteiger partial charge on any atom is -0.478 e. The third kappa shape index (κ3) is 5.11. The molecule has 3 fully saturated rings. The molecule has 3 aliphatic heterocycles. The highest BCUT2D eigenvalue weighted by atomic mass is 16.4. The molecule has 0 saturated carbocycles. The Morgan fingerprint density at radius 1 is 0.864 bits per heavy atom. The number of carbonyl (C=O) groups is 2. The molecule has 3 aromatic carbocycles. The molecule has 3 aliphatic rings. The quantitative estimate of drug-likeness (QED) is 0.257. The van der Waals surface area contributed by atoms with Crippen molar-refractivity contribution in [1.29, 1.82) is 0 Å². The number of aryl methyl sites for hydroxylation is 2. The molecule has 7 nitrogen and oxygen atoms in total. The number of aromatic nitrogens is 2. The molecule has 4 aromatic rings. The summed E-state index contributed by atoms with van der Waals surface area (Å²) in [7, 11) is 0. The van der Waals surface area contributed by atoms with E-state index in [-0.39, 0.29) is 16.9 Å². The smallest absolute Gasteiger partial charge is 0.335 e. The second-order valence-electron chi connectivity index (χ2n) is 13.3. The highest BCUT2D eigenvalue weighted by Gasteiger charge is 2.44. The predicted octanol–water partition coefficient (Wildman–Crippen LogP) is 6.78. The van der Waals surface area contributed by atoms with Gasteiger partial charge < -0.3 is 14.6 Å². The number of carboxylic acid groups (broad SMARTS) is 1. The molecule has 0 radical (unpaired) electrons. The number of fused-ring (bicyclic) bond motifs is 3. The Labute approximate surface area is 259 Å². The number of benzene rings is 3. The zero-order valence-electron chi connectivity index (χ0n) is 25.8. The van der Waals surface area contributed by atoms with Gasteiger partial charge in [-0.15, -0.1) is 0 Å². The van der Waals surface area contributed by atoms with Gasteiger partial charge in [0.1, 0.15) is 5.82 Å². The van der Waals surface area contributed by atoms with Crippen molar-refractivity contribution < 1.29 is 14.7 Å². The van der Waals surface area contributed by atoms with Crippen molar-refractivity contribution in [2.45, 2.75) is 82.3 Å². The highest BCUT2D eigenvalue weighted by molar-refractivity contribution is 5.97. The number of likely N-dealkylation sites (tertiary alicyclic amines) is 1. The van der Waals surface area contributed by atoms with Crippen LogP contribution in [0.2, 0.25) is 0 Å². The lowest BCUT2D eigenvalue weighted by molar-refractivity contribution is 0.0606. The lowest BCUT2D eigenvalue weighted by Gasteiger charge is -2.46.